The second-order valence-corrected chi connectivity index (χ2v) is 5.57. The van der Waals surface area contributed by atoms with Crippen LogP contribution in [0.2, 0.25) is 0 Å². The summed E-state index contributed by atoms with van der Waals surface area (Å²) in [5.41, 5.74) is 6.81. The van der Waals surface area contributed by atoms with E-state index in [1.54, 1.807) is 0 Å². The highest BCUT2D eigenvalue weighted by Gasteiger charge is 2.28. The predicted octanol–water partition coefficient (Wildman–Crippen LogP) is 1.72. The first-order valence-electron chi connectivity index (χ1n) is 7.23. The fourth-order valence-corrected chi connectivity index (χ4v) is 2.47. The van der Waals surface area contributed by atoms with Crippen molar-refractivity contribution in [1.82, 2.24) is 14.9 Å². The first kappa shape index (κ1) is 12.7. The van der Waals surface area contributed by atoms with Gasteiger partial charge in [-0.15, -0.1) is 0 Å². The zero-order valence-corrected chi connectivity index (χ0v) is 11.6. The van der Waals surface area contributed by atoms with Gasteiger partial charge in [-0.25, -0.2) is 4.98 Å². The first-order chi connectivity index (χ1) is 9.24. The number of hydrogen-bond donors (Lipinski definition) is 1. The van der Waals surface area contributed by atoms with Crippen LogP contribution in [0.5, 0.6) is 5.88 Å². The fraction of sp³-hybridized carbons (Fsp3) is 0.714. The Kier molecular flexibility index (Phi) is 3.55. The first-order valence-corrected chi connectivity index (χ1v) is 7.23. The number of nitrogens with zero attached hydrogens (tertiary/aromatic N) is 3. The third-order valence-electron chi connectivity index (χ3n) is 3.94. The number of nitrogens with two attached hydrogens (primary N) is 1. The average Bonchev–Trinajstić information content (AvgIpc) is 3.12. The normalized spacial score (nSPS) is 19.8. The van der Waals surface area contributed by atoms with Crippen LogP contribution in [0.4, 0.5) is 5.82 Å². The molecule has 0 radical (unpaired) electrons. The second kappa shape index (κ2) is 5.33. The molecule has 1 aromatic heterocycles. The van der Waals surface area contributed by atoms with Gasteiger partial charge in [-0.05, 0) is 45.7 Å². The lowest BCUT2D eigenvalue weighted by Gasteiger charge is -2.16. The van der Waals surface area contributed by atoms with Gasteiger partial charge in [-0.1, -0.05) is 0 Å². The van der Waals surface area contributed by atoms with Gasteiger partial charge in [0.25, 0.3) is 0 Å². The summed E-state index contributed by atoms with van der Waals surface area (Å²) >= 11 is 0. The van der Waals surface area contributed by atoms with Crippen LogP contribution in [0, 0.1) is 6.92 Å². The molecule has 1 saturated heterocycles. The molecular formula is C14H22N4O. The molecule has 1 saturated carbocycles. The molecule has 5 nitrogen and oxygen atoms in total. The van der Waals surface area contributed by atoms with Gasteiger partial charge in [-0.2, -0.15) is 4.98 Å². The molecule has 2 heterocycles. The molecule has 0 atom stereocenters. The van der Waals surface area contributed by atoms with Crippen LogP contribution in [0.15, 0.2) is 0 Å². The Morgan fingerprint density at radius 2 is 2.00 bits per heavy atom. The second-order valence-electron chi connectivity index (χ2n) is 5.57. The van der Waals surface area contributed by atoms with Crippen molar-refractivity contribution in [3.63, 3.8) is 0 Å². The number of hydrogen-bond acceptors (Lipinski definition) is 5. The highest BCUT2D eigenvalue weighted by molar-refractivity contribution is 5.45. The summed E-state index contributed by atoms with van der Waals surface area (Å²) in [7, 11) is 0. The number of nitrogen functional groups attached to an aromatic ring is 1. The van der Waals surface area contributed by atoms with E-state index in [1.165, 1.54) is 38.8 Å². The Balaban J connectivity index is 1.62. The summed E-state index contributed by atoms with van der Waals surface area (Å²) < 4.78 is 5.83. The van der Waals surface area contributed by atoms with Gasteiger partial charge >= 0.3 is 0 Å². The number of rotatable bonds is 5. The van der Waals surface area contributed by atoms with Gasteiger partial charge < -0.3 is 10.5 Å². The lowest BCUT2D eigenvalue weighted by molar-refractivity contribution is 0.230. The van der Waals surface area contributed by atoms with Gasteiger partial charge in [0.15, 0.2) is 0 Å². The molecule has 19 heavy (non-hydrogen) atoms. The van der Waals surface area contributed by atoms with Crippen molar-refractivity contribution >= 4 is 5.82 Å². The lowest BCUT2D eigenvalue weighted by atomic mass is 10.3. The van der Waals surface area contributed by atoms with Gasteiger partial charge in [0.2, 0.25) is 5.88 Å². The number of aromatic nitrogens is 2. The molecule has 2 fully saturated rings. The topological polar surface area (TPSA) is 64.3 Å². The summed E-state index contributed by atoms with van der Waals surface area (Å²) in [4.78, 5) is 11.3. The Morgan fingerprint density at radius 1 is 1.26 bits per heavy atom. The van der Waals surface area contributed by atoms with E-state index in [0.717, 1.165) is 17.9 Å². The van der Waals surface area contributed by atoms with Crippen LogP contribution in [0.1, 0.15) is 43.0 Å². The molecule has 0 bridgehead atoms. The maximum Gasteiger partial charge on any atom is 0.221 e. The summed E-state index contributed by atoms with van der Waals surface area (Å²) in [6, 6.07) is 0. The Labute approximate surface area is 114 Å². The molecule has 1 aromatic rings. The summed E-state index contributed by atoms with van der Waals surface area (Å²) in [5.74, 6) is 2.60. The maximum atomic E-state index is 5.94. The molecule has 104 valence electrons. The molecule has 0 unspecified atom stereocenters. The van der Waals surface area contributed by atoms with Crippen molar-refractivity contribution in [2.45, 2.75) is 38.5 Å². The van der Waals surface area contributed by atoms with Crippen molar-refractivity contribution in [1.29, 1.82) is 0 Å². The smallest absolute Gasteiger partial charge is 0.221 e. The van der Waals surface area contributed by atoms with Crippen molar-refractivity contribution in [3.8, 4) is 5.88 Å². The van der Waals surface area contributed by atoms with E-state index in [9.17, 15) is 0 Å². The highest BCUT2D eigenvalue weighted by Crippen LogP contribution is 2.39. The number of anilines is 1. The standard InChI is InChI=1S/C14H22N4O/c1-10-12(15)16-13(11-4-5-11)17-14(10)19-9-8-18-6-2-3-7-18/h11H,2-9H2,1H3,(H2,15,16,17). The Hall–Kier alpha value is -1.36. The van der Waals surface area contributed by atoms with Gasteiger partial charge in [0.05, 0.1) is 5.56 Å². The zero-order chi connectivity index (χ0) is 13.2. The Bertz CT molecular complexity index is 453. The zero-order valence-electron chi connectivity index (χ0n) is 11.6. The van der Waals surface area contributed by atoms with Gasteiger partial charge in [-0.3, -0.25) is 4.90 Å². The molecule has 1 aliphatic heterocycles. The van der Waals surface area contributed by atoms with Gasteiger partial charge in [0.1, 0.15) is 18.2 Å². The molecular weight excluding hydrogens is 240 g/mol. The van der Waals surface area contributed by atoms with Crippen molar-refractivity contribution < 1.29 is 4.74 Å². The number of ether oxygens (including phenoxy) is 1. The van der Waals surface area contributed by atoms with Crippen LogP contribution in [0.3, 0.4) is 0 Å². The van der Waals surface area contributed by atoms with Crippen LogP contribution >= 0.6 is 0 Å². The summed E-state index contributed by atoms with van der Waals surface area (Å²) in [6.45, 7) is 5.98. The molecule has 3 rings (SSSR count). The van der Waals surface area contributed by atoms with Crippen molar-refractivity contribution in [2.24, 2.45) is 0 Å². The molecule has 0 amide bonds. The van der Waals surface area contributed by atoms with Crippen LogP contribution in [0.25, 0.3) is 0 Å². The molecule has 2 N–H and O–H groups in total. The fourth-order valence-electron chi connectivity index (χ4n) is 2.47. The summed E-state index contributed by atoms with van der Waals surface area (Å²) in [5, 5.41) is 0. The molecule has 0 spiro atoms. The third kappa shape index (κ3) is 2.97. The molecule has 1 aliphatic carbocycles. The van der Waals surface area contributed by atoms with Crippen LogP contribution in [-0.2, 0) is 0 Å². The van der Waals surface area contributed by atoms with E-state index in [1.807, 2.05) is 6.92 Å². The molecule has 0 aromatic carbocycles. The SMILES string of the molecule is Cc1c(N)nc(C2CC2)nc1OCCN1CCCC1. The molecule has 2 aliphatic rings. The third-order valence-corrected chi connectivity index (χ3v) is 3.94. The number of likely N-dealkylation sites (tertiary alicyclic amines) is 1. The average molecular weight is 262 g/mol. The van der Waals surface area contributed by atoms with E-state index in [-0.39, 0.29) is 0 Å². The van der Waals surface area contributed by atoms with Gasteiger partial charge in [0, 0.05) is 12.5 Å². The highest BCUT2D eigenvalue weighted by atomic mass is 16.5. The quantitative estimate of drug-likeness (QED) is 0.875. The van der Waals surface area contributed by atoms with Crippen LogP contribution < -0.4 is 10.5 Å². The van der Waals surface area contributed by atoms with E-state index >= 15 is 0 Å². The predicted molar refractivity (Wildman–Crippen MR) is 74.3 cm³/mol. The van der Waals surface area contributed by atoms with Crippen molar-refractivity contribution in [3.05, 3.63) is 11.4 Å². The molecule has 5 heteroatoms. The van der Waals surface area contributed by atoms with E-state index in [2.05, 4.69) is 14.9 Å². The summed E-state index contributed by atoms with van der Waals surface area (Å²) in [6.07, 6.45) is 4.97. The largest absolute Gasteiger partial charge is 0.476 e. The minimum atomic E-state index is 0.504. The maximum absolute atomic E-state index is 5.94. The minimum Gasteiger partial charge on any atom is -0.476 e. The minimum absolute atomic E-state index is 0.504. The Morgan fingerprint density at radius 3 is 2.68 bits per heavy atom. The van der Waals surface area contributed by atoms with E-state index in [0.29, 0.717) is 24.2 Å². The van der Waals surface area contributed by atoms with Crippen molar-refractivity contribution in [2.75, 3.05) is 32.0 Å². The van der Waals surface area contributed by atoms with E-state index in [4.69, 9.17) is 10.5 Å². The lowest BCUT2D eigenvalue weighted by Crippen LogP contribution is -2.25. The van der Waals surface area contributed by atoms with Crippen LogP contribution in [-0.4, -0.2) is 41.1 Å². The van der Waals surface area contributed by atoms with E-state index < -0.39 is 0 Å². The monoisotopic (exact) mass is 262 g/mol.